The average molecular weight is 323 g/mol. The van der Waals surface area contributed by atoms with Crippen LogP contribution < -0.4 is 10.0 Å². The zero-order valence-electron chi connectivity index (χ0n) is 12.3. The van der Waals surface area contributed by atoms with Gasteiger partial charge in [0.15, 0.2) is 5.82 Å². The molecule has 0 unspecified atom stereocenters. The van der Waals surface area contributed by atoms with E-state index in [0.717, 1.165) is 5.56 Å². The van der Waals surface area contributed by atoms with Crippen molar-refractivity contribution < 1.29 is 17.7 Å². The topological polar surface area (TPSA) is 101 Å². The number of rotatable bonds is 6. The highest BCUT2D eigenvalue weighted by Gasteiger charge is 2.14. The molecule has 1 aromatic heterocycles. The maximum atomic E-state index is 11.9. The summed E-state index contributed by atoms with van der Waals surface area (Å²) in [7, 11) is -3.58. The summed E-state index contributed by atoms with van der Waals surface area (Å²) in [5.74, 6) is 0.111. The molecule has 7 nitrogen and oxygen atoms in total. The third-order valence-electron chi connectivity index (χ3n) is 2.83. The number of hydrogen-bond donors (Lipinski definition) is 2. The van der Waals surface area contributed by atoms with Crippen LogP contribution >= 0.6 is 0 Å². The molecule has 1 heterocycles. The number of amides is 1. The van der Waals surface area contributed by atoms with E-state index in [4.69, 9.17) is 4.52 Å². The Morgan fingerprint density at radius 3 is 2.50 bits per heavy atom. The lowest BCUT2D eigenvalue weighted by molar-refractivity contribution is -0.115. The van der Waals surface area contributed by atoms with E-state index in [1.807, 2.05) is 19.1 Å². The highest BCUT2D eigenvalue weighted by atomic mass is 32.2. The minimum Gasteiger partial charge on any atom is -0.360 e. The lowest BCUT2D eigenvalue weighted by Crippen LogP contribution is -2.33. The summed E-state index contributed by atoms with van der Waals surface area (Å²) in [6.45, 7) is 3.25. The molecule has 0 aliphatic rings. The molecule has 1 amide bonds. The van der Waals surface area contributed by atoms with Crippen molar-refractivity contribution >= 4 is 21.7 Å². The minimum atomic E-state index is -3.58. The number of aryl methyl sites for hydroxylation is 2. The predicted octanol–water partition coefficient (Wildman–Crippen LogP) is 1.35. The summed E-state index contributed by atoms with van der Waals surface area (Å²) in [6.07, 6.45) is 0. The largest absolute Gasteiger partial charge is 0.360 e. The van der Waals surface area contributed by atoms with Crippen molar-refractivity contribution in [1.29, 1.82) is 0 Å². The van der Waals surface area contributed by atoms with Gasteiger partial charge in [-0.25, -0.2) is 13.1 Å². The summed E-state index contributed by atoms with van der Waals surface area (Å²) >= 11 is 0. The molecule has 0 saturated carbocycles. The third kappa shape index (κ3) is 4.97. The Morgan fingerprint density at radius 1 is 1.23 bits per heavy atom. The van der Waals surface area contributed by atoms with Gasteiger partial charge in [0, 0.05) is 6.07 Å². The van der Waals surface area contributed by atoms with E-state index in [2.05, 4.69) is 15.2 Å². The standard InChI is InChI=1S/C14H17N3O4S/c1-10-3-5-12(6-4-10)9-22(19,20)15-8-14(18)16-13-7-11(2)21-17-13/h3-7,15H,8-9H2,1-2H3,(H,16,17,18). The summed E-state index contributed by atoms with van der Waals surface area (Å²) < 4.78 is 30.9. The van der Waals surface area contributed by atoms with E-state index < -0.39 is 15.9 Å². The van der Waals surface area contributed by atoms with E-state index in [-0.39, 0.29) is 18.1 Å². The molecule has 2 N–H and O–H groups in total. The first-order chi connectivity index (χ1) is 10.3. The number of carbonyl (C=O) groups is 1. The predicted molar refractivity (Wildman–Crippen MR) is 81.7 cm³/mol. The molecule has 0 radical (unpaired) electrons. The zero-order chi connectivity index (χ0) is 16.2. The molecular weight excluding hydrogens is 306 g/mol. The molecule has 118 valence electrons. The highest BCUT2D eigenvalue weighted by molar-refractivity contribution is 7.88. The molecule has 8 heteroatoms. The monoisotopic (exact) mass is 323 g/mol. The number of benzene rings is 1. The second kappa shape index (κ2) is 6.71. The number of nitrogens with one attached hydrogen (secondary N) is 2. The van der Waals surface area contributed by atoms with Crippen LogP contribution in [0.3, 0.4) is 0 Å². The van der Waals surface area contributed by atoms with Gasteiger partial charge in [-0.05, 0) is 19.4 Å². The van der Waals surface area contributed by atoms with Gasteiger partial charge in [-0.1, -0.05) is 35.0 Å². The number of sulfonamides is 1. The van der Waals surface area contributed by atoms with E-state index in [0.29, 0.717) is 11.3 Å². The number of aromatic nitrogens is 1. The number of nitrogens with zero attached hydrogens (tertiary/aromatic N) is 1. The van der Waals surface area contributed by atoms with Crippen LogP contribution in [0.4, 0.5) is 5.82 Å². The Hall–Kier alpha value is -2.19. The summed E-state index contributed by atoms with van der Waals surface area (Å²) in [5.41, 5.74) is 1.71. The van der Waals surface area contributed by atoms with Gasteiger partial charge in [0.1, 0.15) is 5.76 Å². The van der Waals surface area contributed by atoms with Crippen molar-refractivity contribution in [2.24, 2.45) is 0 Å². The Bertz CT molecular complexity index is 751. The number of anilines is 1. The van der Waals surface area contributed by atoms with Crippen LogP contribution in [0.2, 0.25) is 0 Å². The van der Waals surface area contributed by atoms with Crippen LogP contribution in [0.25, 0.3) is 0 Å². The van der Waals surface area contributed by atoms with Crippen LogP contribution in [-0.4, -0.2) is 26.0 Å². The maximum Gasteiger partial charge on any atom is 0.240 e. The van der Waals surface area contributed by atoms with Gasteiger partial charge in [-0.15, -0.1) is 0 Å². The second-order valence-corrected chi connectivity index (χ2v) is 6.74. The third-order valence-corrected chi connectivity index (χ3v) is 4.12. The SMILES string of the molecule is Cc1ccc(CS(=O)(=O)NCC(=O)Nc2cc(C)on2)cc1. The van der Waals surface area contributed by atoms with Crippen molar-refractivity contribution in [3.05, 3.63) is 47.2 Å². The van der Waals surface area contributed by atoms with E-state index in [9.17, 15) is 13.2 Å². The van der Waals surface area contributed by atoms with Crippen molar-refractivity contribution in [1.82, 2.24) is 9.88 Å². The Kier molecular flexibility index (Phi) is 4.94. The van der Waals surface area contributed by atoms with Crippen molar-refractivity contribution in [3.8, 4) is 0 Å². The summed E-state index contributed by atoms with van der Waals surface area (Å²) in [4.78, 5) is 11.6. The second-order valence-electron chi connectivity index (χ2n) is 4.94. The fourth-order valence-electron chi connectivity index (χ4n) is 1.74. The van der Waals surface area contributed by atoms with E-state index in [1.165, 1.54) is 0 Å². The van der Waals surface area contributed by atoms with Gasteiger partial charge >= 0.3 is 0 Å². The molecule has 0 aliphatic carbocycles. The molecule has 2 rings (SSSR count). The highest BCUT2D eigenvalue weighted by Crippen LogP contribution is 2.08. The van der Waals surface area contributed by atoms with Gasteiger partial charge in [-0.3, -0.25) is 4.79 Å². The first-order valence-electron chi connectivity index (χ1n) is 6.60. The zero-order valence-corrected chi connectivity index (χ0v) is 13.1. The summed E-state index contributed by atoms with van der Waals surface area (Å²) in [6, 6.07) is 8.70. The van der Waals surface area contributed by atoms with Crippen molar-refractivity contribution in [2.45, 2.75) is 19.6 Å². The van der Waals surface area contributed by atoms with E-state index >= 15 is 0 Å². The smallest absolute Gasteiger partial charge is 0.240 e. The molecular formula is C14H17N3O4S. The molecule has 0 bridgehead atoms. The summed E-state index contributed by atoms with van der Waals surface area (Å²) in [5, 5.41) is 6.03. The molecule has 1 aromatic carbocycles. The Balaban J connectivity index is 1.86. The van der Waals surface area contributed by atoms with Crippen LogP contribution in [0.1, 0.15) is 16.9 Å². The normalized spacial score (nSPS) is 11.4. The number of carbonyl (C=O) groups excluding carboxylic acids is 1. The lowest BCUT2D eigenvalue weighted by Gasteiger charge is -2.07. The fourth-order valence-corrected chi connectivity index (χ4v) is 2.83. The van der Waals surface area contributed by atoms with Crippen molar-refractivity contribution in [3.63, 3.8) is 0 Å². The molecule has 0 saturated heterocycles. The molecule has 0 fully saturated rings. The first-order valence-corrected chi connectivity index (χ1v) is 8.25. The van der Waals surface area contributed by atoms with Gasteiger partial charge in [-0.2, -0.15) is 0 Å². The number of hydrogen-bond acceptors (Lipinski definition) is 5. The van der Waals surface area contributed by atoms with Crippen molar-refractivity contribution in [2.75, 3.05) is 11.9 Å². The molecule has 22 heavy (non-hydrogen) atoms. The van der Waals surface area contributed by atoms with Crippen LogP contribution in [0, 0.1) is 13.8 Å². The quantitative estimate of drug-likeness (QED) is 0.835. The molecule has 0 atom stereocenters. The average Bonchev–Trinajstić information content (AvgIpc) is 2.84. The van der Waals surface area contributed by atoms with Crippen LogP contribution in [0.5, 0.6) is 0 Å². The fraction of sp³-hybridized carbons (Fsp3) is 0.286. The Labute approximate surface area is 128 Å². The molecule has 2 aromatic rings. The molecule has 0 spiro atoms. The minimum absolute atomic E-state index is 0.177. The van der Waals surface area contributed by atoms with Gasteiger partial charge < -0.3 is 9.84 Å². The van der Waals surface area contributed by atoms with E-state index in [1.54, 1.807) is 25.1 Å². The maximum absolute atomic E-state index is 11.9. The van der Waals surface area contributed by atoms with Crippen LogP contribution in [0.15, 0.2) is 34.9 Å². The van der Waals surface area contributed by atoms with Gasteiger partial charge in [0.25, 0.3) is 0 Å². The first kappa shape index (κ1) is 16.2. The molecule has 0 aliphatic heterocycles. The Morgan fingerprint density at radius 2 is 1.91 bits per heavy atom. The van der Waals surface area contributed by atoms with Gasteiger partial charge in [0.2, 0.25) is 15.9 Å². The lowest BCUT2D eigenvalue weighted by atomic mass is 10.2. The van der Waals surface area contributed by atoms with Crippen LogP contribution in [-0.2, 0) is 20.6 Å². The van der Waals surface area contributed by atoms with Gasteiger partial charge in [0.05, 0.1) is 12.3 Å².